The molecule has 0 saturated carbocycles. The topological polar surface area (TPSA) is 29.5 Å². The summed E-state index contributed by atoms with van der Waals surface area (Å²) in [6, 6.07) is 0.302. The van der Waals surface area contributed by atoms with Crippen LogP contribution in [0.5, 0.6) is 0 Å². The Morgan fingerprint density at radius 1 is 1.62 bits per heavy atom. The Bertz CT molecular complexity index is 205. The fourth-order valence-corrected chi connectivity index (χ4v) is 2.07. The van der Waals surface area contributed by atoms with Crippen molar-refractivity contribution in [1.29, 1.82) is 0 Å². The van der Waals surface area contributed by atoms with Crippen LogP contribution in [0.15, 0.2) is 0 Å². The molecular formula is C10H19NO2. The summed E-state index contributed by atoms with van der Waals surface area (Å²) in [5.74, 6) is 0.172. The van der Waals surface area contributed by atoms with E-state index >= 15 is 0 Å². The van der Waals surface area contributed by atoms with E-state index < -0.39 is 0 Å². The molecular weight excluding hydrogens is 166 g/mol. The molecule has 1 heterocycles. The molecule has 1 fully saturated rings. The lowest BCUT2D eigenvalue weighted by Gasteiger charge is -2.42. The quantitative estimate of drug-likeness (QED) is 0.618. The predicted molar refractivity (Wildman–Crippen MR) is 51.5 cm³/mol. The summed E-state index contributed by atoms with van der Waals surface area (Å²) in [5.41, 5.74) is -0.0363. The van der Waals surface area contributed by atoms with Crippen molar-refractivity contribution in [2.45, 2.75) is 45.3 Å². The Morgan fingerprint density at radius 2 is 2.23 bits per heavy atom. The summed E-state index contributed by atoms with van der Waals surface area (Å²) >= 11 is 0. The van der Waals surface area contributed by atoms with Gasteiger partial charge in [0.05, 0.1) is 5.60 Å². The predicted octanol–water partition coefficient (Wildman–Crippen LogP) is 1.42. The molecule has 0 aliphatic carbocycles. The summed E-state index contributed by atoms with van der Waals surface area (Å²) in [5, 5.41) is 0. The molecule has 1 rings (SSSR count). The number of methoxy groups -OCH3 is 1. The lowest BCUT2D eigenvalue weighted by molar-refractivity contribution is -0.137. The second-order valence-corrected chi connectivity index (χ2v) is 4.17. The van der Waals surface area contributed by atoms with Gasteiger partial charge in [-0.25, -0.2) is 0 Å². The molecule has 2 unspecified atom stereocenters. The van der Waals surface area contributed by atoms with E-state index in [4.69, 9.17) is 4.74 Å². The monoisotopic (exact) mass is 185 g/mol. The zero-order valence-electron chi connectivity index (χ0n) is 8.96. The van der Waals surface area contributed by atoms with Crippen LogP contribution in [0.1, 0.15) is 33.6 Å². The summed E-state index contributed by atoms with van der Waals surface area (Å²) < 4.78 is 5.44. The zero-order chi connectivity index (χ0) is 10.1. The molecule has 1 aliphatic heterocycles. The molecule has 0 spiro atoms. The molecule has 0 aromatic heterocycles. The van der Waals surface area contributed by atoms with E-state index in [1.165, 1.54) is 0 Å². The van der Waals surface area contributed by atoms with Gasteiger partial charge in [-0.1, -0.05) is 0 Å². The second-order valence-electron chi connectivity index (χ2n) is 4.17. The molecule has 0 aromatic carbocycles. The molecule has 1 amide bonds. The van der Waals surface area contributed by atoms with Crippen LogP contribution in [0.25, 0.3) is 0 Å². The third-order valence-electron chi connectivity index (χ3n) is 3.04. The van der Waals surface area contributed by atoms with E-state index in [0.29, 0.717) is 6.04 Å². The Kier molecular flexibility index (Phi) is 2.96. The first-order valence-corrected chi connectivity index (χ1v) is 4.81. The van der Waals surface area contributed by atoms with Crippen molar-refractivity contribution in [1.82, 2.24) is 4.90 Å². The number of piperidine rings is 1. The SMILES string of the molecule is COC1(C)CCN(C(C)=O)C(C)C1. The number of hydrogen-bond donors (Lipinski definition) is 0. The third-order valence-corrected chi connectivity index (χ3v) is 3.04. The van der Waals surface area contributed by atoms with Crippen LogP contribution in [0, 0.1) is 0 Å². The van der Waals surface area contributed by atoms with Crippen LogP contribution >= 0.6 is 0 Å². The Morgan fingerprint density at radius 3 is 2.62 bits per heavy atom. The van der Waals surface area contributed by atoms with Crippen molar-refractivity contribution >= 4 is 5.91 Å². The van der Waals surface area contributed by atoms with Gasteiger partial charge in [-0.3, -0.25) is 4.79 Å². The number of likely N-dealkylation sites (tertiary alicyclic amines) is 1. The van der Waals surface area contributed by atoms with Crippen LogP contribution in [-0.4, -0.2) is 36.1 Å². The highest BCUT2D eigenvalue weighted by Crippen LogP contribution is 2.28. The van der Waals surface area contributed by atoms with Gasteiger partial charge in [0.2, 0.25) is 5.91 Å². The normalized spacial score (nSPS) is 34.8. The minimum absolute atomic E-state index is 0.0363. The molecule has 0 N–H and O–H groups in total. The zero-order valence-corrected chi connectivity index (χ0v) is 8.96. The fourth-order valence-electron chi connectivity index (χ4n) is 2.07. The van der Waals surface area contributed by atoms with Crippen molar-refractivity contribution < 1.29 is 9.53 Å². The van der Waals surface area contributed by atoms with Crippen LogP contribution in [0.3, 0.4) is 0 Å². The Balaban J connectivity index is 2.61. The molecule has 0 bridgehead atoms. The van der Waals surface area contributed by atoms with E-state index in [1.54, 1.807) is 14.0 Å². The second kappa shape index (κ2) is 3.66. The first-order chi connectivity index (χ1) is 5.98. The molecule has 1 saturated heterocycles. The van der Waals surface area contributed by atoms with E-state index in [0.717, 1.165) is 19.4 Å². The van der Waals surface area contributed by atoms with E-state index in [2.05, 4.69) is 13.8 Å². The van der Waals surface area contributed by atoms with Gasteiger partial charge in [-0.05, 0) is 26.7 Å². The number of ether oxygens (including phenoxy) is 1. The van der Waals surface area contributed by atoms with Gasteiger partial charge in [0, 0.05) is 26.6 Å². The van der Waals surface area contributed by atoms with Gasteiger partial charge in [0.15, 0.2) is 0 Å². The lowest BCUT2D eigenvalue weighted by Crippen LogP contribution is -2.50. The Hall–Kier alpha value is -0.570. The largest absolute Gasteiger partial charge is 0.378 e. The highest BCUT2D eigenvalue weighted by Gasteiger charge is 2.35. The molecule has 76 valence electrons. The van der Waals surface area contributed by atoms with Crippen molar-refractivity contribution in [3.63, 3.8) is 0 Å². The maximum Gasteiger partial charge on any atom is 0.219 e. The first-order valence-electron chi connectivity index (χ1n) is 4.81. The van der Waals surface area contributed by atoms with Gasteiger partial charge in [-0.2, -0.15) is 0 Å². The Labute approximate surface area is 80.1 Å². The standard InChI is InChI=1S/C10H19NO2/c1-8-7-10(3,13-4)5-6-11(8)9(2)12/h8H,5-7H2,1-4H3. The summed E-state index contributed by atoms with van der Waals surface area (Å²) in [4.78, 5) is 13.1. The maximum atomic E-state index is 11.2. The van der Waals surface area contributed by atoms with Crippen molar-refractivity contribution in [3.05, 3.63) is 0 Å². The van der Waals surface area contributed by atoms with E-state index in [9.17, 15) is 4.79 Å². The van der Waals surface area contributed by atoms with Gasteiger partial charge >= 0.3 is 0 Å². The minimum atomic E-state index is -0.0363. The van der Waals surface area contributed by atoms with Gasteiger partial charge in [0.1, 0.15) is 0 Å². The van der Waals surface area contributed by atoms with Crippen LogP contribution in [0.2, 0.25) is 0 Å². The van der Waals surface area contributed by atoms with Crippen molar-refractivity contribution in [3.8, 4) is 0 Å². The van der Waals surface area contributed by atoms with Gasteiger partial charge in [-0.15, -0.1) is 0 Å². The van der Waals surface area contributed by atoms with Crippen LogP contribution in [-0.2, 0) is 9.53 Å². The van der Waals surface area contributed by atoms with Crippen LogP contribution in [0.4, 0.5) is 0 Å². The molecule has 0 radical (unpaired) electrons. The maximum absolute atomic E-state index is 11.2. The molecule has 3 nitrogen and oxygen atoms in total. The highest BCUT2D eigenvalue weighted by molar-refractivity contribution is 5.73. The van der Waals surface area contributed by atoms with Crippen molar-refractivity contribution in [2.24, 2.45) is 0 Å². The number of rotatable bonds is 1. The molecule has 1 aliphatic rings. The smallest absolute Gasteiger partial charge is 0.219 e. The average molecular weight is 185 g/mol. The molecule has 0 aromatic rings. The number of hydrogen-bond acceptors (Lipinski definition) is 2. The minimum Gasteiger partial charge on any atom is -0.378 e. The third kappa shape index (κ3) is 2.21. The first kappa shape index (κ1) is 10.5. The number of carbonyl (C=O) groups excluding carboxylic acids is 1. The fraction of sp³-hybridized carbons (Fsp3) is 0.900. The lowest BCUT2D eigenvalue weighted by atomic mass is 9.88. The number of amides is 1. The summed E-state index contributed by atoms with van der Waals surface area (Å²) in [6.45, 7) is 6.64. The van der Waals surface area contributed by atoms with Crippen molar-refractivity contribution in [2.75, 3.05) is 13.7 Å². The van der Waals surface area contributed by atoms with Crippen LogP contribution < -0.4 is 0 Å². The van der Waals surface area contributed by atoms with Gasteiger partial charge in [0.25, 0.3) is 0 Å². The number of nitrogens with zero attached hydrogens (tertiary/aromatic N) is 1. The average Bonchev–Trinajstić information content (AvgIpc) is 2.03. The molecule has 2 atom stereocenters. The van der Waals surface area contributed by atoms with E-state index in [1.807, 2.05) is 4.90 Å². The summed E-state index contributed by atoms with van der Waals surface area (Å²) in [7, 11) is 1.75. The van der Waals surface area contributed by atoms with E-state index in [-0.39, 0.29) is 11.5 Å². The highest BCUT2D eigenvalue weighted by atomic mass is 16.5. The van der Waals surface area contributed by atoms with Gasteiger partial charge < -0.3 is 9.64 Å². The summed E-state index contributed by atoms with van der Waals surface area (Å²) in [6.07, 6.45) is 1.87. The molecule has 13 heavy (non-hydrogen) atoms. The number of carbonyl (C=O) groups is 1. The molecule has 3 heteroatoms.